The van der Waals surface area contributed by atoms with Crippen molar-refractivity contribution < 1.29 is 5.11 Å². The molecule has 0 aliphatic heterocycles. The number of rotatable bonds is 3. The number of hydrogen-bond acceptors (Lipinski definition) is 3. The van der Waals surface area contributed by atoms with Gasteiger partial charge in [0.05, 0.1) is 17.3 Å². The molecular weight excluding hydrogens is 176 g/mol. The number of nitrogens with one attached hydrogen (secondary N) is 1. The molecule has 1 aromatic carbocycles. The van der Waals surface area contributed by atoms with Gasteiger partial charge in [-0.25, -0.2) is 0 Å². The Hall–Kier alpha value is -0.930. The van der Waals surface area contributed by atoms with Crippen molar-refractivity contribution in [2.45, 2.75) is 0 Å². The lowest BCUT2D eigenvalue weighted by atomic mass is 10.3. The smallest absolute Gasteiger partial charge is 0.0655 e. The van der Waals surface area contributed by atoms with Crippen molar-refractivity contribution in [3.05, 3.63) is 23.2 Å². The molecule has 1 aromatic rings. The second kappa shape index (κ2) is 4.18. The van der Waals surface area contributed by atoms with Crippen molar-refractivity contribution in [3.8, 4) is 0 Å². The molecular formula is C8H11ClN2O. The fourth-order valence-electron chi connectivity index (χ4n) is 0.837. The molecule has 0 bridgehead atoms. The third-order valence-corrected chi connectivity index (χ3v) is 1.77. The summed E-state index contributed by atoms with van der Waals surface area (Å²) >= 11 is 5.77. The zero-order chi connectivity index (χ0) is 8.97. The van der Waals surface area contributed by atoms with Gasteiger partial charge in [-0.05, 0) is 18.2 Å². The molecule has 4 heteroatoms. The zero-order valence-electron chi connectivity index (χ0n) is 6.55. The molecule has 0 aromatic heterocycles. The standard InChI is InChI=1S/C8H11ClN2O/c9-7-5-6(11-3-4-12)1-2-8(7)10/h1-2,5,11-12H,3-4,10H2. The minimum atomic E-state index is 0.0992. The normalized spacial score (nSPS) is 9.83. The summed E-state index contributed by atoms with van der Waals surface area (Å²) in [5.74, 6) is 0. The number of benzene rings is 1. The molecule has 12 heavy (non-hydrogen) atoms. The number of aliphatic hydroxyl groups is 1. The fourth-order valence-corrected chi connectivity index (χ4v) is 1.02. The van der Waals surface area contributed by atoms with Crippen molar-refractivity contribution in [2.75, 3.05) is 24.2 Å². The van der Waals surface area contributed by atoms with E-state index in [-0.39, 0.29) is 6.61 Å². The Kier molecular flexibility index (Phi) is 3.19. The van der Waals surface area contributed by atoms with Crippen LogP contribution in [0.2, 0.25) is 5.02 Å². The molecule has 0 aliphatic carbocycles. The molecule has 0 aliphatic rings. The van der Waals surface area contributed by atoms with Gasteiger partial charge < -0.3 is 16.2 Å². The van der Waals surface area contributed by atoms with Gasteiger partial charge in [0.1, 0.15) is 0 Å². The van der Waals surface area contributed by atoms with E-state index in [1.54, 1.807) is 12.1 Å². The second-order valence-electron chi connectivity index (χ2n) is 2.39. The van der Waals surface area contributed by atoms with Gasteiger partial charge in [0.15, 0.2) is 0 Å². The highest BCUT2D eigenvalue weighted by molar-refractivity contribution is 6.33. The summed E-state index contributed by atoms with van der Waals surface area (Å²) in [6.45, 7) is 0.613. The van der Waals surface area contributed by atoms with Crippen molar-refractivity contribution in [3.63, 3.8) is 0 Å². The van der Waals surface area contributed by atoms with Crippen LogP contribution in [-0.4, -0.2) is 18.3 Å². The SMILES string of the molecule is Nc1ccc(NCCO)cc1Cl. The van der Waals surface area contributed by atoms with Gasteiger partial charge in [0, 0.05) is 12.2 Å². The minimum absolute atomic E-state index is 0.0992. The van der Waals surface area contributed by atoms with Gasteiger partial charge in [-0.15, -0.1) is 0 Å². The third kappa shape index (κ3) is 2.29. The summed E-state index contributed by atoms with van der Waals surface area (Å²) in [5.41, 5.74) is 6.93. The summed E-state index contributed by atoms with van der Waals surface area (Å²) in [5, 5.41) is 12.0. The summed E-state index contributed by atoms with van der Waals surface area (Å²) in [7, 11) is 0. The van der Waals surface area contributed by atoms with Crippen LogP contribution >= 0.6 is 11.6 Å². The molecule has 0 fully saturated rings. The van der Waals surface area contributed by atoms with Gasteiger partial charge in [-0.2, -0.15) is 0 Å². The van der Waals surface area contributed by atoms with Crippen LogP contribution in [0.25, 0.3) is 0 Å². The maximum absolute atomic E-state index is 8.53. The van der Waals surface area contributed by atoms with E-state index in [1.807, 2.05) is 6.07 Å². The zero-order valence-corrected chi connectivity index (χ0v) is 7.30. The van der Waals surface area contributed by atoms with Crippen LogP contribution in [0.1, 0.15) is 0 Å². The quantitative estimate of drug-likeness (QED) is 0.625. The van der Waals surface area contributed by atoms with E-state index in [0.717, 1.165) is 5.69 Å². The highest BCUT2D eigenvalue weighted by atomic mass is 35.5. The van der Waals surface area contributed by atoms with E-state index in [2.05, 4.69) is 5.32 Å². The van der Waals surface area contributed by atoms with Crippen molar-refractivity contribution in [1.29, 1.82) is 0 Å². The monoisotopic (exact) mass is 186 g/mol. The van der Waals surface area contributed by atoms with E-state index in [0.29, 0.717) is 17.3 Å². The molecule has 0 unspecified atom stereocenters. The van der Waals surface area contributed by atoms with E-state index < -0.39 is 0 Å². The van der Waals surface area contributed by atoms with E-state index in [9.17, 15) is 0 Å². The van der Waals surface area contributed by atoms with Crippen LogP contribution in [-0.2, 0) is 0 Å². The molecule has 0 saturated heterocycles. The highest BCUT2D eigenvalue weighted by Gasteiger charge is 1.96. The molecule has 0 saturated carbocycles. The first-order valence-corrected chi connectivity index (χ1v) is 4.01. The average Bonchev–Trinajstić information content (AvgIpc) is 2.07. The Morgan fingerprint density at radius 1 is 1.50 bits per heavy atom. The fraction of sp³-hybridized carbons (Fsp3) is 0.250. The Labute approximate surface area is 76.1 Å². The number of hydrogen-bond donors (Lipinski definition) is 3. The van der Waals surface area contributed by atoms with Gasteiger partial charge in [0.2, 0.25) is 0 Å². The maximum Gasteiger partial charge on any atom is 0.0655 e. The van der Waals surface area contributed by atoms with Crippen LogP contribution in [0, 0.1) is 0 Å². The number of nitrogens with two attached hydrogens (primary N) is 1. The van der Waals surface area contributed by atoms with E-state index in [4.69, 9.17) is 22.4 Å². The molecule has 0 atom stereocenters. The second-order valence-corrected chi connectivity index (χ2v) is 2.79. The Balaban J connectivity index is 2.69. The molecule has 0 heterocycles. The average molecular weight is 187 g/mol. The van der Waals surface area contributed by atoms with Crippen molar-refractivity contribution in [2.24, 2.45) is 0 Å². The Morgan fingerprint density at radius 3 is 2.83 bits per heavy atom. The predicted octanol–water partition coefficient (Wildman–Crippen LogP) is 1.33. The Morgan fingerprint density at radius 2 is 2.25 bits per heavy atom. The molecule has 0 amide bonds. The number of nitrogen functional groups attached to an aromatic ring is 1. The summed E-state index contributed by atoms with van der Waals surface area (Å²) in [6.07, 6.45) is 0. The van der Waals surface area contributed by atoms with Gasteiger partial charge in [0.25, 0.3) is 0 Å². The molecule has 4 N–H and O–H groups in total. The Bertz CT molecular complexity index is 265. The summed E-state index contributed by atoms with van der Waals surface area (Å²) < 4.78 is 0. The van der Waals surface area contributed by atoms with Crippen LogP contribution in [0.4, 0.5) is 11.4 Å². The first-order valence-electron chi connectivity index (χ1n) is 3.64. The summed E-state index contributed by atoms with van der Waals surface area (Å²) in [6, 6.07) is 5.27. The van der Waals surface area contributed by atoms with Crippen LogP contribution in [0.3, 0.4) is 0 Å². The first-order chi connectivity index (χ1) is 5.74. The van der Waals surface area contributed by atoms with E-state index in [1.165, 1.54) is 0 Å². The number of anilines is 2. The van der Waals surface area contributed by atoms with E-state index >= 15 is 0 Å². The summed E-state index contributed by atoms with van der Waals surface area (Å²) in [4.78, 5) is 0. The molecule has 3 nitrogen and oxygen atoms in total. The van der Waals surface area contributed by atoms with Crippen LogP contribution < -0.4 is 11.1 Å². The topological polar surface area (TPSA) is 58.3 Å². The van der Waals surface area contributed by atoms with Gasteiger partial charge >= 0.3 is 0 Å². The van der Waals surface area contributed by atoms with Gasteiger partial charge in [-0.1, -0.05) is 11.6 Å². The van der Waals surface area contributed by atoms with Crippen LogP contribution in [0.15, 0.2) is 18.2 Å². The lowest BCUT2D eigenvalue weighted by molar-refractivity contribution is 0.311. The predicted molar refractivity (Wildman–Crippen MR) is 51.4 cm³/mol. The maximum atomic E-state index is 8.53. The third-order valence-electron chi connectivity index (χ3n) is 1.44. The van der Waals surface area contributed by atoms with Crippen LogP contribution in [0.5, 0.6) is 0 Å². The first kappa shape index (κ1) is 9.16. The molecule has 66 valence electrons. The lowest BCUT2D eigenvalue weighted by Gasteiger charge is -2.05. The minimum Gasteiger partial charge on any atom is -0.398 e. The number of halogens is 1. The highest BCUT2D eigenvalue weighted by Crippen LogP contribution is 2.22. The molecule has 0 radical (unpaired) electrons. The number of aliphatic hydroxyl groups excluding tert-OH is 1. The largest absolute Gasteiger partial charge is 0.398 e. The molecule has 0 spiro atoms. The van der Waals surface area contributed by atoms with Crippen molar-refractivity contribution >= 4 is 23.0 Å². The lowest BCUT2D eigenvalue weighted by Crippen LogP contribution is -2.05. The van der Waals surface area contributed by atoms with Crippen molar-refractivity contribution in [1.82, 2.24) is 0 Å². The molecule has 1 rings (SSSR count). The van der Waals surface area contributed by atoms with Gasteiger partial charge in [-0.3, -0.25) is 0 Å².